The third kappa shape index (κ3) is 5.63. The lowest BCUT2D eigenvalue weighted by Crippen LogP contribution is -2.57. The zero-order valence-corrected chi connectivity index (χ0v) is 21.2. The van der Waals surface area contributed by atoms with E-state index in [1.807, 2.05) is 9.80 Å². The van der Waals surface area contributed by atoms with Crippen LogP contribution in [0.25, 0.3) is 0 Å². The van der Waals surface area contributed by atoms with Gasteiger partial charge < -0.3 is 24.0 Å². The first-order valence-corrected chi connectivity index (χ1v) is 12.1. The van der Waals surface area contributed by atoms with Crippen molar-refractivity contribution in [3.63, 3.8) is 0 Å². The number of hydrogen-bond acceptors (Lipinski definition) is 8. The molecule has 2 aliphatic rings. The van der Waals surface area contributed by atoms with Gasteiger partial charge in [-0.1, -0.05) is 6.07 Å². The van der Waals surface area contributed by atoms with Gasteiger partial charge in [-0.2, -0.15) is 13.2 Å². The number of amides is 1. The zero-order chi connectivity index (χ0) is 27.4. The fraction of sp³-hybridized carbons (Fsp3) is 0.423. The molecule has 0 aliphatic carbocycles. The van der Waals surface area contributed by atoms with Crippen molar-refractivity contribution in [2.75, 3.05) is 51.9 Å². The van der Waals surface area contributed by atoms with E-state index in [-0.39, 0.29) is 12.6 Å². The summed E-state index contributed by atoms with van der Waals surface area (Å²) in [6.45, 7) is 3.36. The van der Waals surface area contributed by atoms with Crippen LogP contribution in [-0.2, 0) is 20.5 Å². The Morgan fingerprint density at radius 2 is 1.76 bits per heavy atom. The highest BCUT2D eigenvalue weighted by molar-refractivity contribution is 6.08. The van der Waals surface area contributed by atoms with Gasteiger partial charge in [-0.15, -0.1) is 0 Å². The Labute approximate surface area is 218 Å². The minimum Gasteiger partial charge on any atom is -0.497 e. The highest BCUT2D eigenvalue weighted by Crippen LogP contribution is 2.38. The summed E-state index contributed by atoms with van der Waals surface area (Å²) >= 11 is 0. The molecule has 2 aromatic rings. The molecule has 1 N–H and O–H groups in total. The summed E-state index contributed by atoms with van der Waals surface area (Å²) in [5.74, 6) is -1.28. The minimum absolute atomic E-state index is 0.100. The van der Waals surface area contributed by atoms with E-state index in [1.54, 1.807) is 31.2 Å². The van der Waals surface area contributed by atoms with Crippen LogP contribution in [0.3, 0.4) is 0 Å². The van der Waals surface area contributed by atoms with Crippen LogP contribution < -0.4 is 19.7 Å². The van der Waals surface area contributed by atoms with Crippen molar-refractivity contribution in [2.24, 2.45) is 10.9 Å². The molecule has 0 radical (unpaired) electrons. The van der Waals surface area contributed by atoms with Crippen LogP contribution in [0.2, 0.25) is 0 Å². The van der Waals surface area contributed by atoms with Crippen LogP contribution in [0, 0.1) is 5.92 Å². The van der Waals surface area contributed by atoms with Gasteiger partial charge in [0.15, 0.2) is 5.92 Å². The number of ether oxygens (including phenoxy) is 3. The first-order valence-electron chi connectivity index (χ1n) is 12.1. The molecule has 2 heterocycles. The van der Waals surface area contributed by atoms with Crippen molar-refractivity contribution in [3.8, 4) is 11.5 Å². The largest absolute Gasteiger partial charge is 0.497 e. The molecule has 1 amide bonds. The number of carbonyl (C=O) groups excluding carboxylic acids is 2. The van der Waals surface area contributed by atoms with Crippen molar-refractivity contribution in [3.05, 3.63) is 53.6 Å². The molecule has 2 unspecified atom stereocenters. The van der Waals surface area contributed by atoms with Gasteiger partial charge in [0.05, 0.1) is 26.4 Å². The molecule has 38 heavy (non-hydrogen) atoms. The van der Waals surface area contributed by atoms with Gasteiger partial charge in [0.1, 0.15) is 17.5 Å². The molecule has 0 spiro atoms. The Morgan fingerprint density at radius 3 is 2.39 bits per heavy atom. The summed E-state index contributed by atoms with van der Waals surface area (Å²) in [6.07, 6.45) is -4.42. The number of esters is 1. The molecular formula is C26H29F3N4O5. The summed E-state index contributed by atoms with van der Waals surface area (Å²) in [5.41, 5.74) is 0.279. The number of piperazine rings is 1. The van der Waals surface area contributed by atoms with E-state index in [9.17, 15) is 22.8 Å². The number of hydrogen-bond donors (Lipinski definition) is 1. The molecule has 4 rings (SSSR count). The second-order valence-corrected chi connectivity index (χ2v) is 8.75. The number of methoxy groups -OCH3 is 2. The third-order valence-electron chi connectivity index (χ3n) is 6.51. The van der Waals surface area contributed by atoms with Gasteiger partial charge in [-0.3, -0.25) is 14.9 Å². The average Bonchev–Trinajstić information content (AvgIpc) is 2.92. The van der Waals surface area contributed by atoms with Crippen molar-refractivity contribution in [1.82, 2.24) is 10.2 Å². The maximum atomic E-state index is 13.2. The monoisotopic (exact) mass is 534 g/mol. The van der Waals surface area contributed by atoms with Crippen LogP contribution in [-0.4, -0.2) is 69.7 Å². The van der Waals surface area contributed by atoms with Gasteiger partial charge in [0.25, 0.3) is 0 Å². The molecule has 0 bridgehead atoms. The van der Waals surface area contributed by atoms with E-state index in [0.29, 0.717) is 48.9 Å². The second kappa shape index (κ2) is 11.2. The Kier molecular flexibility index (Phi) is 7.98. The Hall–Kier alpha value is -3.96. The number of nitrogens with one attached hydrogen (secondary N) is 1. The van der Waals surface area contributed by atoms with E-state index in [4.69, 9.17) is 19.2 Å². The number of carbonyl (C=O) groups is 2. The molecule has 1 fully saturated rings. The minimum atomic E-state index is -4.42. The number of benzene rings is 2. The van der Waals surface area contributed by atoms with E-state index in [1.165, 1.54) is 20.3 Å². The van der Waals surface area contributed by atoms with Gasteiger partial charge in [0, 0.05) is 43.5 Å². The fourth-order valence-corrected chi connectivity index (χ4v) is 4.57. The number of halogens is 3. The van der Waals surface area contributed by atoms with Crippen LogP contribution in [0.4, 0.5) is 18.9 Å². The lowest BCUT2D eigenvalue weighted by atomic mass is 9.90. The van der Waals surface area contributed by atoms with Crippen LogP contribution in [0.15, 0.2) is 47.5 Å². The SMILES string of the molecule is CCOC(=O)C1C(=O)NC(N2CCN(c3cccc(C(F)(F)F)c3)CC2)=NC1c1ccc(OC)cc1OC. The van der Waals surface area contributed by atoms with Crippen molar-refractivity contribution < 1.29 is 37.0 Å². The van der Waals surface area contributed by atoms with Crippen molar-refractivity contribution in [2.45, 2.75) is 19.1 Å². The summed E-state index contributed by atoms with van der Waals surface area (Å²) in [6, 6.07) is 9.31. The normalized spacial score (nSPS) is 19.9. The predicted molar refractivity (Wildman–Crippen MR) is 133 cm³/mol. The molecule has 204 valence electrons. The number of rotatable bonds is 6. The Bertz CT molecular complexity index is 1210. The lowest BCUT2D eigenvalue weighted by molar-refractivity contribution is -0.153. The van der Waals surface area contributed by atoms with Crippen molar-refractivity contribution >= 4 is 23.5 Å². The quantitative estimate of drug-likeness (QED) is 0.449. The summed E-state index contributed by atoms with van der Waals surface area (Å²) in [4.78, 5) is 34.4. The van der Waals surface area contributed by atoms with Gasteiger partial charge in [-0.05, 0) is 37.3 Å². The lowest BCUT2D eigenvalue weighted by Gasteiger charge is -2.40. The van der Waals surface area contributed by atoms with E-state index in [2.05, 4.69) is 5.32 Å². The summed E-state index contributed by atoms with van der Waals surface area (Å²) in [5, 5.41) is 2.72. The summed E-state index contributed by atoms with van der Waals surface area (Å²) in [7, 11) is 2.98. The fourth-order valence-electron chi connectivity index (χ4n) is 4.57. The summed E-state index contributed by atoms with van der Waals surface area (Å²) < 4.78 is 55.4. The molecule has 0 aromatic heterocycles. The molecule has 9 nitrogen and oxygen atoms in total. The molecule has 2 aliphatic heterocycles. The van der Waals surface area contributed by atoms with Crippen LogP contribution >= 0.6 is 0 Å². The first kappa shape index (κ1) is 27.1. The van der Waals surface area contributed by atoms with Crippen molar-refractivity contribution in [1.29, 1.82) is 0 Å². The molecule has 2 aromatic carbocycles. The second-order valence-electron chi connectivity index (χ2n) is 8.75. The number of alkyl halides is 3. The van der Waals surface area contributed by atoms with Gasteiger partial charge in [0.2, 0.25) is 11.9 Å². The molecular weight excluding hydrogens is 505 g/mol. The van der Waals surface area contributed by atoms with Crippen LogP contribution in [0.5, 0.6) is 11.5 Å². The standard InChI is InChI=1S/C26H29F3N4O5/c1-4-38-24(35)21-22(19-9-8-18(36-2)15-20(19)37-3)30-25(31-23(21)34)33-12-10-32(11-13-33)17-7-5-6-16(14-17)26(27,28)29/h5-9,14-15,21-22H,4,10-13H2,1-3H3,(H,30,31,34). The molecule has 12 heteroatoms. The highest BCUT2D eigenvalue weighted by atomic mass is 19.4. The molecule has 2 atom stereocenters. The number of nitrogens with zero attached hydrogens (tertiary/aromatic N) is 3. The number of aliphatic imine (C=N–C) groups is 1. The average molecular weight is 535 g/mol. The third-order valence-corrected chi connectivity index (χ3v) is 6.51. The van der Waals surface area contributed by atoms with Crippen LogP contribution in [0.1, 0.15) is 24.1 Å². The zero-order valence-electron chi connectivity index (χ0n) is 21.2. The maximum Gasteiger partial charge on any atom is 0.416 e. The smallest absolute Gasteiger partial charge is 0.416 e. The Morgan fingerprint density at radius 1 is 1.05 bits per heavy atom. The highest BCUT2D eigenvalue weighted by Gasteiger charge is 2.43. The number of anilines is 1. The predicted octanol–water partition coefficient (Wildman–Crippen LogP) is 3.25. The Balaban J connectivity index is 1.60. The molecule has 0 saturated carbocycles. The topological polar surface area (TPSA) is 92.7 Å². The first-order chi connectivity index (χ1) is 18.2. The van der Waals surface area contributed by atoms with E-state index >= 15 is 0 Å². The van der Waals surface area contributed by atoms with E-state index < -0.39 is 35.6 Å². The maximum absolute atomic E-state index is 13.2. The molecule has 1 saturated heterocycles. The van der Waals surface area contributed by atoms with E-state index in [0.717, 1.165) is 12.1 Å². The van der Waals surface area contributed by atoms with Gasteiger partial charge in [-0.25, -0.2) is 4.99 Å². The van der Waals surface area contributed by atoms with Gasteiger partial charge >= 0.3 is 12.1 Å². The number of guanidine groups is 1.